The second-order valence-corrected chi connectivity index (χ2v) is 4.69. The third-order valence-electron chi connectivity index (χ3n) is 2.76. The first-order chi connectivity index (χ1) is 4.84. The molecule has 10 heavy (non-hydrogen) atoms. The van der Waals surface area contributed by atoms with Gasteiger partial charge in [0.15, 0.2) is 0 Å². The number of rotatable bonds is 2. The fourth-order valence-corrected chi connectivity index (χ4v) is 3.09. The van der Waals surface area contributed by atoms with Crippen LogP contribution in [0.5, 0.6) is 0 Å². The van der Waals surface area contributed by atoms with Crippen molar-refractivity contribution in [2.45, 2.75) is 32.6 Å². The predicted octanol–water partition coefficient (Wildman–Crippen LogP) is 3.12. The molecule has 0 radical (unpaired) electrons. The van der Waals surface area contributed by atoms with Crippen LogP contribution in [0.4, 0.5) is 0 Å². The Morgan fingerprint density at radius 3 is 2.60 bits per heavy atom. The van der Waals surface area contributed by atoms with Gasteiger partial charge < -0.3 is 0 Å². The minimum atomic E-state index is 1.03. The highest BCUT2D eigenvalue weighted by Gasteiger charge is 2.19. The van der Waals surface area contributed by atoms with Crippen molar-refractivity contribution >= 4 is 8.58 Å². The normalized spacial score (nSPS) is 35.4. The first kappa shape index (κ1) is 8.53. The van der Waals surface area contributed by atoms with Crippen LogP contribution in [0.1, 0.15) is 32.6 Å². The van der Waals surface area contributed by atoms with E-state index in [-0.39, 0.29) is 0 Å². The molecule has 0 bridgehead atoms. The zero-order valence-electron chi connectivity index (χ0n) is 7.19. The fourth-order valence-electron chi connectivity index (χ4n) is 1.96. The fraction of sp³-hybridized carbons (Fsp3) is 1.00. The van der Waals surface area contributed by atoms with E-state index >= 15 is 0 Å². The Morgan fingerprint density at radius 2 is 2.00 bits per heavy atom. The van der Waals surface area contributed by atoms with E-state index in [1.54, 1.807) is 0 Å². The van der Waals surface area contributed by atoms with Gasteiger partial charge in [0.05, 0.1) is 0 Å². The lowest BCUT2D eigenvalue weighted by Crippen LogP contribution is -2.18. The summed E-state index contributed by atoms with van der Waals surface area (Å²) in [4.78, 5) is 0. The average molecular weight is 158 g/mol. The second kappa shape index (κ2) is 4.34. The molecule has 1 aliphatic carbocycles. The Morgan fingerprint density at radius 1 is 1.30 bits per heavy atom. The van der Waals surface area contributed by atoms with Crippen LogP contribution in [0.15, 0.2) is 0 Å². The lowest BCUT2D eigenvalue weighted by Gasteiger charge is -2.28. The maximum atomic E-state index is 2.43. The highest BCUT2D eigenvalue weighted by molar-refractivity contribution is 7.36. The van der Waals surface area contributed by atoms with Gasteiger partial charge in [0, 0.05) is 0 Å². The van der Waals surface area contributed by atoms with Crippen molar-refractivity contribution in [1.82, 2.24) is 0 Å². The van der Waals surface area contributed by atoms with Crippen LogP contribution in [-0.4, -0.2) is 12.8 Å². The van der Waals surface area contributed by atoms with Crippen molar-refractivity contribution in [2.24, 2.45) is 11.8 Å². The molecule has 1 saturated carbocycles. The minimum Gasteiger partial charge on any atom is -0.125 e. The summed E-state index contributed by atoms with van der Waals surface area (Å²) in [5, 5.41) is 0. The Hall–Kier alpha value is 0.430. The van der Waals surface area contributed by atoms with Crippen LogP contribution in [-0.2, 0) is 0 Å². The molecule has 0 aliphatic heterocycles. The quantitative estimate of drug-likeness (QED) is 0.542. The van der Waals surface area contributed by atoms with Gasteiger partial charge in [-0.05, 0) is 31.1 Å². The van der Waals surface area contributed by atoms with Gasteiger partial charge in [0.25, 0.3) is 0 Å². The van der Waals surface area contributed by atoms with Crippen molar-refractivity contribution in [2.75, 3.05) is 12.8 Å². The average Bonchev–Trinajstić information content (AvgIpc) is 1.94. The smallest absolute Gasteiger partial charge is 0.0325 e. The Bertz CT molecular complexity index is 88.7. The van der Waals surface area contributed by atoms with Gasteiger partial charge in [-0.25, -0.2) is 0 Å². The Kier molecular flexibility index (Phi) is 3.70. The minimum absolute atomic E-state index is 1.03. The van der Waals surface area contributed by atoms with E-state index in [0.717, 1.165) is 11.8 Å². The summed E-state index contributed by atoms with van der Waals surface area (Å²) >= 11 is 0. The largest absolute Gasteiger partial charge is 0.125 e. The van der Waals surface area contributed by atoms with Crippen molar-refractivity contribution in [3.8, 4) is 0 Å². The molecule has 3 atom stereocenters. The summed E-state index contributed by atoms with van der Waals surface area (Å²) in [6.45, 7) is 4.77. The van der Waals surface area contributed by atoms with Crippen molar-refractivity contribution < 1.29 is 0 Å². The summed E-state index contributed by atoms with van der Waals surface area (Å²) in [6.07, 6.45) is 7.50. The Labute approximate surface area is 66.6 Å². The summed E-state index contributed by atoms with van der Waals surface area (Å²) < 4.78 is 0. The first-order valence-electron chi connectivity index (χ1n) is 4.49. The molecule has 0 aromatic heterocycles. The first-order valence-corrected chi connectivity index (χ1v) is 6.20. The van der Waals surface area contributed by atoms with E-state index in [4.69, 9.17) is 0 Å². The summed E-state index contributed by atoms with van der Waals surface area (Å²) in [5.74, 6) is 2.11. The zero-order valence-corrected chi connectivity index (χ0v) is 8.19. The van der Waals surface area contributed by atoms with E-state index in [1.165, 1.54) is 40.4 Å². The summed E-state index contributed by atoms with van der Waals surface area (Å²) in [6, 6.07) is 0. The Balaban J connectivity index is 2.25. The molecule has 0 aromatic rings. The van der Waals surface area contributed by atoms with Gasteiger partial charge in [0.2, 0.25) is 0 Å². The highest BCUT2D eigenvalue weighted by atomic mass is 31.1. The monoisotopic (exact) mass is 158 g/mol. The maximum Gasteiger partial charge on any atom is -0.0325 e. The van der Waals surface area contributed by atoms with Gasteiger partial charge in [-0.15, -0.1) is 8.58 Å². The molecule has 3 unspecified atom stereocenters. The summed E-state index contributed by atoms with van der Waals surface area (Å²) in [5.41, 5.74) is 0. The molecule has 0 aromatic carbocycles. The number of hydrogen-bond donors (Lipinski definition) is 0. The molecule has 0 saturated heterocycles. The van der Waals surface area contributed by atoms with Gasteiger partial charge in [0.1, 0.15) is 0 Å². The second-order valence-electron chi connectivity index (χ2n) is 3.58. The van der Waals surface area contributed by atoms with Crippen LogP contribution >= 0.6 is 8.58 Å². The molecular formula is C9H19P. The molecule has 0 spiro atoms. The zero-order chi connectivity index (χ0) is 7.40. The molecule has 1 heteroatoms. The highest BCUT2D eigenvalue weighted by Crippen LogP contribution is 2.32. The van der Waals surface area contributed by atoms with Crippen molar-refractivity contribution in [3.63, 3.8) is 0 Å². The van der Waals surface area contributed by atoms with Crippen molar-refractivity contribution in [3.05, 3.63) is 0 Å². The van der Waals surface area contributed by atoms with Gasteiger partial charge in [-0.2, -0.15) is 0 Å². The van der Waals surface area contributed by atoms with Gasteiger partial charge in [-0.3, -0.25) is 0 Å². The lowest BCUT2D eigenvalue weighted by molar-refractivity contribution is 0.281. The molecule has 1 rings (SSSR count). The molecule has 0 amide bonds. The van der Waals surface area contributed by atoms with E-state index in [9.17, 15) is 0 Å². The van der Waals surface area contributed by atoms with Crippen LogP contribution < -0.4 is 0 Å². The molecule has 0 nitrogen and oxygen atoms in total. The van der Waals surface area contributed by atoms with Gasteiger partial charge >= 0.3 is 0 Å². The van der Waals surface area contributed by atoms with Crippen molar-refractivity contribution in [1.29, 1.82) is 0 Å². The van der Waals surface area contributed by atoms with E-state index in [1.807, 2.05) is 0 Å². The van der Waals surface area contributed by atoms with Gasteiger partial charge in [-0.1, -0.05) is 26.2 Å². The molecule has 60 valence electrons. The van der Waals surface area contributed by atoms with Crippen LogP contribution in [0.2, 0.25) is 0 Å². The SMILES string of the molecule is CPCC1CCCCC1C. The summed E-state index contributed by atoms with van der Waals surface area (Å²) in [7, 11) is 1.17. The molecule has 1 fully saturated rings. The third kappa shape index (κ3) is 2.23. The van der Waals surface area contributed by atoms with Crippen LogP contribution in [0.3, 0.4) is 0 Å². The molecule has 0 heterocycles. The molecular weight excluding hydrogens is 139 g/mol. The topological polar surface area (TPSA) is 0 Å². The van der Waals surface area contributed by atoms with E-state index < -0.39 is 0 Å². The van der Waals surface area contributed by atoms with E-state index in [0.29, 0.717) is 0 Å². The van der Waals surface area contributed by atoms with Crippen LogP contribution in [0, 0.1) is 11.8 Å². The molecule has 0 N–H and O–H groups in total. The number of hydrogen-bond acceptors (Lipinski definition) is 0. The standard InChI is InChI=1S/C9H19P/c1-8-5-3-4-6-9(8)7-10-2/h8-10H,3-7H2,1-2H3. The molecule has 1 aliphatic rings. The third-order valence-corrected chi connectivity index (χ3v) is 3.69. The van der Waals surface area contributed by atoms with E-state index in [2.05, 4.69) is 13.6 Å². The predicted molar refractivity (Wildman–Crippen MR) is 50.2 cm³/mol. The lowest BCUT2D eigenvalue weighted by atomic mass is 9.82. The van der Waals surface area contributed by atoms with Crippen LogP contribution in [0.25, 0.3) is 0 Å². The maximum absolute atomic E-state index is 2.43.